The molecule has 0 radical (unpaired) electrons. The van der Waals surface area contributed by atoms with E-state index in [1.807, 2.05) is 60.7 Å². The van der Waals surface area contributed by atoms with Crippen molar-refractivity contribution in [2.75, 3.05) is 0 Å². The van der Waals surface area contributed by atoms with Gasteiger partial charge >= 0.3 is 0 Å². The van der Waals surface area contributed by atoms with E-state index in [0.717, 1.165) is 27.7 Å². The molecule has 0 aliphatic carbocycles. The SMILES string of the molecule is O=C1C(=Cc2c(-c3ccccc3)[nH]c3ccccc23)Oc2ccccc21. The minimum atomic E-state index is -0.0788. The van der Waals surface area contributed by atoms with Crippen LogP contribution in [0.15, 0.2) is 84.6 Å². The number of ketones is 1. The van der Waals surface area contributed by atoms with Crippen molar-refractivity contribution in [1.82, 2.24) is 4.98 Å². The monoisotopic (exact) mass is 337 g/mol. The highest BCUT2D eigenvalue weighted by Gasteiger charge is 2.27. The summed E-state index contributed by atoms with van der Waals surface area (Å²) in [6.45, 7) is 0. The average molecular weight is 337 g/mol. The van der Waals surface area contributed by atoms with Gasteiger partial charge in [-0.2, -0.15) is 0 Å². The summed E-state index contributed by atoms with van der Waals surface area (Å²) in [5.74, 6) is 0.892. The first-order chi connectivity index (χ1) is 12.8. The molecule has 0 atom stereocenters. The second-order valence-electron chi connectivity index (χ2n) is 6.26. The Hall–Kier alpha value is -3.59. The van der Waals surface area contributed by atoms with Crippen molar-refractivity contribution in [3.8, 4) is 17.0 Å². The molecule has 0 saturated carbocycles. The Kier molecular flexibility index (Phi) is 3.25. The Bertz CT molecular complexity index is 1170. The number of ether oxygens (including phenoxy) is 1. The molecule has 1 aromatic heterocycles. The molecule has 0 spiro atoms. The number of aromatic nitrogens is 1. The Labute approximate surface area is 150 Å². The minimum Gasteiger partial charge on any atom is -0.452 e. The van der Waals surface area contributed by atoms with Gasteiger partial charge in [-0.25, -0.2) is 0 Å². The van der Waals surface area contributed by atoms with Crippen LogP contribution >= 0.6 is 0 Å². The number of rotatable bonds is 2. The van der Waals surface area contributed by atoms with Gasteiger partial charge in [0.25, 0.3) is 0 Å². The summed E-state index contributed by atoms with van der Waals surface area (Å²) in [6.07, 6.45) is 1.85. The van der Waals surface area contributed by atoms with Crippen molar-refractivity contribution >= 4 is 22.8 Å². The fourth-order valence-corrected chi connectivity index (χ4v) is 3.41. The van der Waals surface area contributed by atoms with Gasteiger partial charge in [-0.3, -0.25) is 4.79 Å². The van der Waals surface area contributed by atoms with Gasteiger partial charge in [-0.15, -0.1) is 0 Å². The van der Waals surface area contributed by atoms with Crippen LogP contribution in [-0.4, -0.2) is 10.8 Å². The molecular formula is C23H15NO2. The Morgan fingerprint density at radius 2 is 1.54 bits per heavy atom. The van der Waals surface area contributed by atoms with Crippen LogP contribution in [0, 0.1) is 0 Å². The van der Waals surface area contributed by atoms with Crippen LogP contribution in [0.5, 0.6) is 5.75 Å². The van der Waals surface area contributed by atoms with E-state index in [1.165, 1.54) is 0 Å². The van der Waals surface area contributed by atoms with E-state index in [9.17, 15) is 4.79 Å². The van der Waals surface area contributed by atoms with Crippen molar-refractivity contribution in [1.29, 1.82) is 0 Å². The zero-order valence-electron chi connectivity index (χ0n) is 13.9. The molecule has 0 amide bonds. The molecule has 124 valence electrons. The van der Waals surface area contributed by atoms with Crippen molar-refractivity contribution in [2.24, 2.45) is 0 Å². The van der Waals surface area contributed by atoms with E-state index in [4.69, 9.17) is 4.74 Å². The largest absolute Gasteiger partial charge is 0.452 e. The molecule has 0 saturated heterocycles. The molecule has 1 aliphatic rings. The first-order valence-corrected chi connectivity index (χ1v) is 8.51. The van der Waals surface area contributed by atoms with Crippen molar-refractivity contribution in [2.45, 2.75) is 0 Å². The maximum atomic E-state index is 12.7. The molecule has 26 heavy (non-hydrogen) atoms. The second kappa shape index (κ2) is 5.74. The first kappa shape index (κ1) is 14.7. The van der Waals surface area contributed by atoms with Gasteiger partial charge in [0.1, 0.15) is 5.75 Å². The molecule has 3 nitrogen and oxygen atoms in total. The summed E-state index contributed by atoms with van der Waals surface area (Å²) in [5.41, 5.74) is 4.65. The minimum absolute atomic E-state index is 0.0788. The van der Waals surface area contributed by atoms with E-state index in [-0.39, 0.29) is 5.78 Å². The quantitative estimate of drug-likeness (QED) is 0.494. The third kappa shape index (κ3) is 2.25. The van der Waals surface area contributed by atoms with Crippen molar-refractivity contribution in [3.63, 3.8) is 0 Å². The van der Waals surface area contributed by atoms with E-state index >= 15 is 0 Å². The zero-order valence-corrected chi connectivity index (χ0v) is 13.9. The number of benzene rings is 3. The maximum absolute atomic E-state index is 12.7. The molecule has 0 unspecified atom stereocenters. The zero-order chi connectivity index (χ0) is 17.5. The number of hydrogen-bond donors (Lipinski definition) is 1. The normalized spacial score (nSPS) is 14.6. The first-order valence-electron chi connectivity index (χ1n) is 8.51. The summed E-state index contributed by atoms with van der Waals surface area (Å²) in [7, 11) is 0. The van der Waals surface area contributed by atoms with Crippen LogP contribution in [0.4, 0.5) is 0 Å². The number of nitrogens with one attached hydrogen (secondary N) is 1. The number of hydrogen-bond acceptors (Lipinski definition) is 2. The Morgan fingerprint density at radius 1 is 0.808 bits per heavy atom. The van der Waals surface area contributed by atoms with Gasteiger partial charge in [0.2, 0.25) is 5.78 Å². The van der Waals surface area contributed by atoms with Crippen LogP contribution in [0.3, 0.4) is 0 Å². The van der Waals surface area contributed by atoms with Crippen LogP contribution in [0.25, 0.3) is 28.2 Å². The number of carbonyl (C=O) groups excluding carboxylic acids is 1. The van der Waals surface area contributed by atoms with Gasteiger partial charge in [0.15, 0.2) is 5.76 Å². The predicted molar refractivity (Wildman–Crippen MR) is 103 cm³/mol. The van der Waals surface area contributed by atoms with Crippen LogP contribution < -0.4 is 4.74 Å². The standard InChI is InChI=1S/C23H15NO2/c25-23-17-11-5-7-13-20(17)26-21(23)14-18-16-10-4-6-12-19(16)24-22(18)15-8-2-1-3-9-15/h1-14,24H. The number of para-hydroxylation sites is 2. The molecule has 0 fully saturated rings. The van der Waals surface area contributed by atoms with Crippen LogP contribution in [0.1, 0.15) is 15.9 Å². The molecule has 2 heterocycles. The lowest BCUT2D eigenvalue weighted by Gasteiger charge is -2.03. The summed E-state index contributed by atoms with van der Waals surface area (Å²) in [4.78, 5) is 16.2. The lowest BCUT2D eigenvalue weighted by atomic mass is 10.0. The number of H-pyrrole nitrogens is 1. The van der Waals surface area contributed by atoms with Crippen LogP contribution in [0.2, 0.25) is 0 Å². The van der Waals surface area contributed by atoms with E-state index in [0.29, 0.717) is 17.1 Å². The van der Waals surface area contributed by atoms with E-state index in [2.05, 4.69) is 23.2 Å². The Balaban J connectivity index is 1.71. The predicted octanol–water partition coefficient (Wildman–Crippen LogP) is 5.45. The third-order valence-electron chi connectivity index (χ3n) is 4.66. The van der Waals surface area contributed by atoms with E-state index in [1.54, 1.807) is 6.07 Å². The highest BCUT2D eigenvalue weighted by Crippen LogP contribution is 2.36. The van der Waals surface area contributed by atoms with Gasteiger partial charge in [-0.05, 0) is 29.8 Å². The van der Waals surface area contributed by atoms with Crippen molar-refractivity contribution < 1.29 is 9.53 Å². The topological polar surface area (TPSA) is 42.1 Å². The molecule has 1 aliphatic heterocycles. The number of Topliss-reactive ketones (excluding diaryl/α,β-unsaturated/α-hetero) is 1. The molecule has 4 aromatic rings. The smallest absolute Gasteiger partial charge is 0.231 e. The fraction of sp³-hybridized carbons (Fsp3) is 0. The molecule has 5 rings (SSSR count). The molecular weight excluding hydrogens is 322 g/mol. The van der Waals surface area contributed by atoms with Gasteiger partial charge in [0, 0.05) is 16.5 Å². The van der Waals surface area contributed by atoms with Crippen molar-refractivity contribution in [3.05, 3.63) is 95.7 Å². The number of allylic oxidation sites excluding steroid dienone is 1. The fourth-order valence-electron chi connectivity index (χ4n) is 3.41. The lowest BCUT2D eigenvalue weighted by Crippen LogP contribution is -1.98. The summed E-state index contributed by atoms with van der Waals surface area (Å²) in [6, 6.07) is 25.5. The highest BCUT2D eigenvalue weighted by atomic mass is 16.5. The highest BCUT2D eigenvalue weighted by molar-refractivity contribution is 6.15. The van der Waals surface area contributed by atoms with Gasteiger partial charge in [-0.1, -0.05) is 60.7 Å². The summed E-state index contributed by atoms with van der Waals surface area (Å²) >= 11 is 0. The molecule has 0 bridgehead atoms. The average Bonchev–Trinajstić information content (AvgIpc) is 3.22. The molecule has 3 heteroatoms. The van der Waals surface area contributed by atoms with Gasteiger partial charge < -0.3 is 9.72 Å². The van der Waals surface area contributed by atoms with Crippen LogP contribution in [-0.2, 0) is 0 Å². The van der Waals surface area contributed by atoms with Gasteiger partial charge in [0.05, 0.1) is 11.3 Å². The molecule has 1 N–H and O–H groups in total. The third-order valence-corrected chi connectivity index (χ3v) is 4.66. The number of aromatic amines is 1. The lowest BCUT2D eigenvalue weighted by molar-refractivity contribution is 0.101. The second-order valence-corrected chi connectivity index (χ2v) is 6.26. The number of carbonyl (C=O) groups is 1. The Morgan fingerprint density at radius 3 is 2.38 bits per heavy atom. The summed E-state index contributed by atoms with van der Waals surface area (Å²) < 4.78 is 5.83. The summed E-state index contributed by atoms with van der Waals surface area (Å²) in [5, 5.41) is 1.06. The van der Waals surface area contributed by atoms with E-state index < -0.39 is 0 Å². The maximum Gasteiger partial charge on any atom is 0.231 e. The molecule has 3 aromatic carbocycles. The number of fused-ring (bicyclic) bond motifs is 2.